The first-order valence-electron chi connectivity index (χ1n) is 7.07. The van der Waals surface area contributed by atoms with Gasteiger partial charge in [0.05, 0.1) is 24.9 Å². The summed E-state index contributed by atoms with van der Waals surface area (Å²) in [6.45, 7) is 3.20. The molecule has 1 spiro atoms. The normalized spacial score (nSPS) is 25.2. The Morgan fingerprint density at radius 3 is 2.95 bits per heavy atom. The molecule has 2 aliphatic rings. The minimum Gasteiger partial charge on any atom is -0.372 e. The summed E-state index contributed by atoms with van der Waals surface area (Å²) in [6, 6.07) is 4.69. The predicted molar refractivity (Wildman–Crippen MR) is 78.1 cm³/mol. The smallest absolute Gasteiger partial charge is 0.124 e. The lowest BCUT2D eigenvalue weighted by atomic mass is 9.89. The molecule has 0 aliphatic carbocycles. The molecular weight excluding hydrogens is 325 g/mol. The van der Waals surface area contributed by atoms with E-state index in [0.29, 0.717) is 13.2 Å². The van der Waals surface area contributed by atoms with Gasteiger partial charge in [-0.25, -0.2) is 4.39 Å². The lowest BCUT2D eigenvalue weighted by molar-refractivity contribution is -0.0241. The van der Waals surface area contributed by atoms with Crippen LogP contribution in [0.5, 0.6) is 0 Å². The average Bonchev–Trinajstić information content (AvgIpc) is 2.82. The maximum atomic E-state index is 13.0. The van der Waals surface area contributed by atoms with Gasteiger partial charge >= 0.3 is 0 Å². The van der Waals surface area contributed by atoms with Crippen molar-refractivity contribution in [1.29, 1.82) is 0 Å². The summed E-state index contributed by atoms with van der Waals surface area (Å²) >= 11 is 3.37. The second-order valence-electron chi connectivity index (χ2n) is 5.62. The van der Waals surface area contributed by atoms with E-state index in [1.165, 1.54) is 12.1 Å². The molecule has 2 saturated heterocycles. The summed E-state index contributed by atoms with van der Waals surface area (Å²) in [5, 5.41) is 3.36. The van der Waals surface area contributed by atoms with Crippen LogP contribution in [0.2, 0.25) is 0 Å². The topological polar surface area (TPSA) is 30.5 Å². The number of ether oxygens (including phenoxy) is 2. The molecule has 0 saturated carbocycles. The average molecular weight is 344 g/mol. The predicted octanol–water partition coefficient (Wildman–Crippen LogP) is 3.02. The fourth-order valence-corrected chi connectivity index (χ4v) is 3.45. The standard InChI is InChI=1S/C15H19BrFNO2/c16-14-7-12(17)2-1-11(14)9-19-13-8-15(20-10-13)3-5-18-6-4-15/h1-2,7,13,18H,3-6,8-10H2. The number of piperidine rings is 1. The zero-order chi connectivity index (χ0) is 14.0. The number of halogens is 2. The highest BCUT2D eigenvalue weighted by Crippen LogP contribution is 2.35. The molecule has 0 aromatic heterocycles. The highest BCUT2D eigenvalue weighted by molar-refractivity contribution is 9.10. The molecule has 2 aliphatic heterocycles. The Bertz CT molecular complexity index is 477. The lowest BCUT2D eigenvalue weighted by Gasteiger charge is -2.32. The minimum atomic E-state index is -0.238. The molecule has 0 bridgehead atoms. The monoisotopic (exact) mass is 343 g/mol. The van der Waals surface area contributed by atoms with Crippen LogP contribution in [-0.2, 0) is 16.1 Å². The van der Waals surface area contributed by atoms with Gasteiger partial charge in [-0.15, -0.1) is 0 Å². The van der Waals surface area contributed by atoms with Crippen molar-refractivity contribution in [1.82, 2.24) is 5.32 Å². The Balaban J connectivity index is 1.54. The van der Waals surface area contributed by atoms with Crippen molar-refractivity contribution in [3.05, 3.63) is 34.1 Å². The van der Waals surface area contributed by atoms with E-state index >= 15 is 0 Å². The van der Waals surface area contributed by atoms with Gasteiger partial charge in [-0.2, -0.15) is 0 Å². The molecule has 1 aromatic carbocycles. The summed E-state index contributed by atoms with van der Waals surface area (Å²) in [7, 11) is 0. The maximum absolute atomic E-state index is 13.0. The van der Waals surface area contributed by atoms with Gasteiger partial charge in [0.15, 0.2) is 0 Å². The minimum absolute atomic E-state index is 0.0238. The largest absolute Gasteiger partial charge is 0.372 e. The number of rotatable bonds is 3. The van der Waals surface area contributed by atoms with Crippen molar-refractivity contribution < 1.29 is 13.9 Å². The van der Waals surface area contributed by atoms with Gasteiger partial charge in [-0.3, -0.25) is 0 Å². The van der Waals surface area contributed by atoms with Crippen LogP contribution < -0.4 is 5.32 Å². The highest BCUT2D eigenvalue weighted by Gasteiger charge is 2.41. The Morgan fingerprint density at radius 1 is 1.40 bits per heavy atom. The van der Waals surface area contributed by atoms with Crippen molar-refractivity contribution in [3.8, 4) is 0 Å². The Hall–Kier alpha value is -0.490. The van der Waals surface area contributed by atoms with Crippen LogP contribution in [0.1, 0.15) is 24.8 Å². The van der Waals surface area contributed by atoms with Crippen LogP contribution in [0.3, 0.4) is 0 Å². The quantitative estimate of drug-likeness (QED) is 0.914. The first kappa shape index (κ1) is 14.4. The fraction of sp³-hybridized carbons (Fsp3) is 0.600. The number of hydrogen-bond acceptors (Lipinski definition) is 3. The summed E-state index contributed by atoms with van der Waals surface area (Å²) < 4.78 is 25.7. The fourth-order valence-electron chi connectivity index (χ4n) is 2.99. The second-order valence-corrected chi connectivity index (χ2v) is 6.47. The lowest BCUT2D eigenvalue weighted by Crippen LogP contribution is -2.41. The molecule has 5 heteroatoms. The summed E-state index contributed by atoms with van der Waals surface area (Å²) in [6.07, 6.45) is 3.23. The van der Waals surface area contributed by atoms with Gasteiger partial charge in [-0.05, 0) is 43.6 Å². The second kappa shape index (κ2) is 6.10. The van der Waals surface area contributed by atoms with E-state index in [9.17, 15) is 4.39 Å². The van der Waals surface area contributed by atoms with Gasteiger partial charge in [-0.1, -0.05) is 22.0 Å². The van der Waals surface area contributed by atoms with Crippen molar-refractivity contribution in [3.63, 3.8) is 0 Å². The molecular formula is C15H19BrFNO2. The third kappa shape index (κ3) is 3.22. The van der Waals surface area contributed by atoms with Crippen LogP contribution in [-0.4, -0.2) is 31.4 Å². The molecule has 1 N–H and O–H groups in total. The van der Waals surface area contributed by atoms with Crippen LogP contribution in [0.4, 0.5) is 4.39 Å². The van der Waals surface area contributed by atoms with Gasteiger partial charge < -0.3 is 14.8 Å². The number of benzene rings is 1. The SMILES string of the molecule is Fc1ccc(COC2COC3(CCNCC3)C2)c(Br)c1. The van der Waals surface area contributed by atoms with Crippen molar-refractivity contribution >= 4 is 15.9 Å². The first-order valence-corrected chi connectivity index (χ1v) is 7.86. The Morgan fingerprint density at radius 2 is 2.20 bits per heavy atom. The maximum Gasteiger partial charge on any atom is 0.124 e. The summed E-state index contributed by atoms with van der Waals surface area (Å²) in [5.41, 5.74) is 0.994. The van der Waals surface area contributed by atoms with Gasteiger partial charge in [0.25, 0.3) is 0 Å². The van der Waals surface area contributed by atoms with Crippen LogP contribution >= 0.6 is 15.9 Å². The molecule has 0 amide bonds. The molecule has 110 valence electrons. The van der Waals surface area contributed by atoms with Crippen molar-refractivity contribution in [2.24, 2.45) is 0 Å². The summed E-state index contributed by atoms with van der Waals surface area (Å²) in [4.78, 5) is 0. The van der Waals surface area contributed by atoms with E-state index in [1.54, 1.807) is 6.07 Å². The zero-order valence-electron chi connectivity index (χ0n) is 11.3. The molecule has 1 atom stereocenters. The van der Waals surface area contributed by atoms with Crippen LogP contribution in [0.25, 0.3) is 0 Å². The van der Waals surface area contributed by atoms with E-state index in [4.69, 9.17) is 9.47 Å². The van der Waals surface area contributed by atoms with E-state index < -0.39 is 0 Å². The molecule has 3 nitrogen and oxygen atoms in total. The van der Waals surface area contributed by atoms with E-state index in [2.05, 4.69) is 21.2 Å². The van der Waals surface area contributed by atoms with Crippen LogP contribution in [0.15, 0.2) is 22.7 Å². The summed E-state index contributed by atoms with van der Waals surface area (Å²) in [5.74, 6) is -0.238. The third-order valence-electron chi connectivity index (χ3n) is 4.18. The van der Waals surface area contributed by atoms with Crippen molar-refractivity contribution in [2.45, 2.75) is 37.6 Å². The van der Waals surface area contributed by atoms with E-state index in [1.807, 2.05) is 0 Å². The molecule has 2 fully saturated rings. The van der Waals surface area contributed by atoms with Crippen molar-refractivity contribution in [2.75, 3.05) is 19.7 Å². The highest BCUT2D eigenvalue weighted by atomic mass is 79.9. The third-order valence-corrected chi connectivity index (χ3v) is 4.92. The number of nitrogens with one attached hydrogen (secondary N) is 1. The molecule has 1 aromatic rings. The molecule has 1 unspecified atom stereocenters. The molecule has 3 rings (SSSR count). The van der Waals surface area contributed by atoms with Crippen LogP contribution in [0, 0.1) is 5.82 Å². The Kier molecular flexibility index (Phi) is 4.40. The molecule has 2 heterocycles. The zero-order valence-corrected chi connectivity index (χ0v) is 12.9. The Labute approximate surface area is 127 Å². The van der Waals surface area contributed by atoms with E-state index in [0.717, 1.165) is 42.4 Å². The molecule has 0 radical (unpaired) electrons. The number of hydrogen-bond donors (Lipinski definition) is 1. The van der Waals surface area contributed by atoms with Gasteiger partial charge in [0.1, 0.15) is 5.82 Å². The molecule has 20 heavy (non-hydrogen) atoms. The first-order chi connectivity index (χ1) is 9.67. The van der Waals surface area contributed by atoms with E-state index in [-0.39, 0.29) is 17.5 Å². The van der Waals surface area contributed by atoms with Gasteiger partial charge in [0, 0.05) is 10.9 Å². The van der Waals surface area contributed by atoms with Gasteiger partial charge in [0.2, 0.25) is 0 Å².